The van der Waals surface area contributed by atoms with Crippen molar-refractivity contribution in [2.45, 2.75) is 45.4 Å². The summed E-state index contributed by atoms with van der Waals surface area (Å²) in [5.41, 5.74) is 2.47. The van der Waals surface area contributed by atoms with Gasteiger partial charge in [-0.3, -0.25) is 14.3 Å². The number of likely N-dealkylation sites (tertiary alicyclic amines) is 1. The number of furan rings is 1. The first kappa shape index (κ1) is 24.7. The Bertz CT molecular complexity index is 1120. The number of ether oxygens (including phenoxy) is 1. The smallest absolute Gasteiger partial charge is 0.289 e. The van der Waals surface area contributed by atoms with E-state index in [1.165, 1.54) is 11.1 Å². The highest BCUT2D eigenvalue weighted by Gasteiger charge is 2.33. The molecule has 1 saturated heterocycles. The highest BCUT2D eigenvalue weighted by molar-refractivity contribution is 5.91. The summed E-state index contributed by atoms with van der Waals surface area (Å²) >= 11 is 0. The number of likely N-dealkylation sites (N-methyl/N-ethyl adjacent to an activating group) is 1. The van der Waals surface area contributed by atoms with Gasteiger partial charge >= 0.3 is 0 Å². The fourth-order valence-electron chi connectivity index (χ4n) is 4.87. The Morgan fingerprint density at radius 1 is 1.17 bits per heavy atom. The van der Waals surface area contributed by atoms with Gasteiger partial charge in [0.15, 0.2) is 5.76 Å². The third kappa shape index (κ3) is 6.00. The molecule has 0 N–H and O–H groups in total. The molecule has 2 amide bonds. The maximum Gasteiger partial charge on any atom is 0.289 e. The number of carbonyl (C=O) groups is 2. The number of aromatic nitrogens is 2. The number of benzene rings is 1. The third-order valence-electron chi connectivity index (χ3n) is 6.97. The van der Waals surface area contributed by atoms with E-state index in [9.17, 15) is 9.59 Å². The maximum atomic E-state index is 13.2. The molecule has 186 valence electrons. The molecule has 0 spiro atoms. The first-order valence-corrected chi connectivity index (χ1v) is 12.1. The topological polar surface area (TPSA) is 80.8 Å². The highest BCUT2D eigenvalue weighted by Crippen LogP contribution is 2.28. The van der Waals surface area contributed by atoms with Crippen molar-refractivity contribution in [3.05, 3.63) is 77.5 Å². The van der Waals surface area contributed by atoms with Gasteiger partial charge in [-0.1, -0.05) is 24.3 Å². The number of methoxy groups -OCH3 is 1. The molecule has 3 heterocycles. The van der Waals surface area contributed by atoms with Crippen LogP contribution in [0.4, 0.5) is 0 Å². The van der Waals surface area contributed by atoms with Crippen molar-refractivity contribution in [2.24, 2.45) is 5.92 Å². The molecule has 0 radical (unpaired) electrons. The van der Waals surface area contributed by atoms with Crippen molar-refractivity contribution in [1.82, 2.24) is 19.6 Å². The Labute approximate surface area is 206 Å². The normalized spacial score (nSPS) is 15.2. The van der Waals surface area contributed by atoms with Gasteiger partial charge in [0.05, 0.1) is 0 Å². The number of carbonyl (C=O) groups excluding carboxylic acids is 2. The number of hydrogen-bond donors (Lipinski definition) is 0. The van der Waals surface area contributed by atoms with Crippen LogP contribution >= 0.6 is 0 Å². The van der Waals surface area contributed by atoms with E-state index >= 15 is 0 Å². The van der Waals surface area contributed by atoms with Crippen LogP contribution in [0.2, 0.25) is 0 Å². The molecule has 3 aromatic rings. The molecule has 4 rings (SSSR count). The predicted molar refractivity (Wildman–Crippen MR) is 132 cm³/mol. The summed E-state index contributed by atoms with van der Waals surface area (Å²) in [6, 6.07) is 13.7. The first-order valence-electron chi connectivity index (χ1n) is 12.1. The number of aryl methyl sites for hydroxylation is 1. The molecule has 0 unspecified atom stereocenters. The molecule has 1 aliphatic heterocycles. The molecule has 1 atom stereocenters. The van der Waals surface area contributed by atoms with Crippen LogP contribution in [0, 0.1) is 12.8 Å². The number of rotatable bonds is 9. The zero-order valence-corrected chi connectivity index (χ0v) is 20.7. The zero-order valence-electron chi connectivity index (χ0n) is 20.7. The molecule has 2 aromatic heterocycles. The molecule has 0 aliphatic carbocycles. The Morgan fingerprint density at radius 2 is 1.94 bits per heavy atom. The second kappa shape index (κ2) is 11.4. The van der Waals surface area contributed by atoms with Crippen LogP contribution in [0.5, 0.6) is 0 Å². The molecule has 1 aliphatic rings. The van der Waals surface area contributed by atoms with Gasteiger partial charge in [0, 0.05) is 45.7 Å². The fraction of sp³-hybridized carbons (Fsp3) is 0.444. The van der Waals surface area contributed by atoms with E-state index in [2.05, 4.69) is 24.2 Å². The predicted octanol–water partition coefficient (Wildman–Crippen LogP) is 3.55. The third-order valence-corrected chi connectivity index (χ3v) is 6.97. The Balaban J connectivity index is 1.45. The van der Waals surface area contributed by atoms with Gasteiger partial charge in [-0.05, 0) is 61.4 Å². The summed E-state index contributed by atoms with van der Waals surface area (Å²) in [7, 11) is 3.49. The summed E-state index contributed by atoms with van der Waals surface area (Å²) in [6.07, 6.45) is 5.92. The van der Waals surface area contributed by atoms with Crippen LogP contribution in [-0.4, -0.2) is 64.7 Å². The average Bonchev–Trinajstić information content (AvgIpc) is 3.55. The largest absolute Gasteiger partial charge is 0.453 e. The highest BCUT2D eigenvalue weighted by atomic mass is 16.5. The minimum atomic E-state index is -0.0932. The minimum Gasteiger partial charge on any atom is -0.453 e. The molecule has 0 bridgehead atoms. The quantitative estimate of drug-likeness (QED) is 0.470. The minimum absolute atomic E-state index is 0.0343. The van der Waals surface area contributed by atoms with Crippen molar-refractivity contribution >= 4 is 11.8 Å². The molecule has 35 heavy (non-hydrogen) atoms. The summed E-state index contributed by atoms with van der Waals surface area (Å²) in [5.74, 6) is 1.21. The molecule has 8 heteroatoms. The van der Waals surface area contributed by atoms with Gasteiger partial charge in [0.2, 0.25) is 5.91 Å². The maximum absolute atomic E-state index is 13.2. The second-order valence-corrected chi connectivity index (χ2v) is 9.23. The van der Waals surface area contributed by atoms with Crippen molar-refractivity contribution in [3.8, 4) is 0 Å². The number of hydrogen-bond acceptors (Lipinski definition) is 5. The summed E-state index contributed by atoms with van der Waals surface area (Å²) < 4.78 is 12.4. The van der Waals surface area contributed by atoms with Crippen LogP contribution in [0.15, 0.2) is 59.3 Å². The van der Waals surface area contributed by atoms with E-state index in [1.807, 2.05) is 35.0 Å². The van der Waals surface area contributed by atoms with Crippen molar-refractivity contribution < 1.29 is 18.7 Å². The van der Waals surface area contributed by atoms with Crippen LogP contribution < -0.4 is 0 Å². The van der Waals surface area contributed by atoms with Gasteiger partial charge < -0.3 is 19.0 Å². The molecule has 8 nitrogen and oxygen atoms in total. The van der Waals surface area contributed by atoms with E-state index < -0.39 is 0 Å². The molecular weight excluding hydrogens is 444 g/mol. The number of nitrogens with zero attached hydrogens (tertiary/aromatic N) is 4. The fourth-order valence-corrected chi connectivity index (χ4v) is 4.87. The van der Waals surface area contributed by atoms with Crippen LogP contribution in [0.25, 0.3) is 0 Å². The lowest BCUT2D eigenvalue weighted by Crippen LogP contribution is -2.49. The SMILES string of the molecule is COCc1ccc(C(=O)N2CCC([C@H](Cc3ccccc3C)N(C)C(=O)Cn3cccn3)CC2)o1. The van der Waals surface area contributed by atoms with Crippen molar-refractivity contribution in [1.29, 1.82) is 0 Å². The Hall–Kier alpha value is -3.39. The Kier molecular flexibility index (Phi) is 8.02. The van der Waals surface area contributed by atoms with Gasteiger partial charge in [0.25, 0.3) is 5.91 Å². The molecular formula is C27H34N4O4. The van der Waals surface area contributed by atoms with Crippen LogP contribution in [-0.2, 0) is 29.1 Å². The van der Waals surface area contributed by atoms with Crippen LogP contribution in [0.1, 0.15) is 40.3 Å². The summed E-state index contributed by atoms with van der Waals surface area (Å²) in [5, 5.41) is 4.19. The molecule has 1 fully saturated rings. The van der Waals surface area contributed by atoms with Gasteiger partial charge in [-0.2, -0.15) is 5.10 Å². The summed E-state index contributed by atoms with van der Waals surface area (Å²) in [4.78, 5) is 29.9. The van der Waals surface area contributed by atoms with E-state index in [0.29, 0.717) is 31.2 Å². The lowest BCUT2D eigenvalue weighted by atomic mass is 9.84. The van der Waals surface area contributed by atoms with E-state index in [4.69, 9.17) is 9.15 Å². The van der Waals surface area contributed by atoms with E-state index in [0.717, 1.165) is 19.3 Å². The van der Waals surface area contributed by atoms with Gasteiger partial charge in [-0.25, -0.2) is 0 Å². The van der Waals surface area contributed by atoms with E-state index in [-0.39, 0.29) is 30.3 Å². The average molecular weight is 479 g/mol. The standard InChI is InChI=1S/C27H34N4O4/c1-20-7-4-5-8-22(20)17-24(29(2)26(32)18-31-14-6-13-28-31)21-11-15-30(16-12-21)27(33)25-10-9-23(35-25)19-34-3/h4-10,13-14,21,24H,11-12,15-19H2,1-3H3/t24-/m0/s1. The lowest BCUT2D eigenvalue weighted by Gasteiger charge is -2.40. The monoisotopic (exact) mass is 478 g/mol. The first-order chi connectivity index (χ1) is 17.0. The van der Waals surface area contributed by atoms with Crippen LogP contribution in [0.3, 0.4) is 0 Å². The summed E-state index contributed by atoms with van der Waals surface area (Å²) in [6.45, 7) is 3.94. The molecule has 1 aromatic carbocycles. The van der Waals surface area contributed by atoms with Crippen molar-refractivity contribution in [3.63, 3.8) is 0 Å². The Morgan fingerprint density at radius 3 is 2.63 bits per heavy atom. The van der Waals surface area contributed by atoms with E-state index in [1.54, 1.807) is 36.3 Å². The number of amides is 2. The molecule has 0 saturated carbocycles. The van der Waals surface area contributed by atoms with Gasteiger partial charge in [0.1, 0.15) is 18.9 Å². The van der Waals surface area contributed by atoms with Crippen molar-refractivity contribution in [2.75, 3.05) is 27.2 Å². The lowest BCUT2D eigenvalue weighted by molar-refractivity contribution is -0.134. The van der Waals surface area contributed by atoms with Gasteiger partial charge in [-0.15, -0.1) is 0 Å². The zero-order chi connectivity index (χ0) is 24.8. The second-order valence-electron chi connectivity index (χ2n) is 9.23. The number of piperidine rings is 1.